The van der Waals surface area contributed by atoms with Crippen LogP contribution >= 0.6 is 0 Å². The number of rotatable bonds is 9. The van der Waals surface area contributed by atoms with Gasteiger partial charge in [-0.2, -0.15) is 0 Å². The summed E-state index contributed by atoms with van der Waals surface area (Å²) in [4.78, 5) is 22.8. The fourth-order valence-electron chi connectivity index (χ4n) is 2.50. The van der Waals surface area contributed by atoms with Gasteiger partial charge in [0.25, 0.3) is 0 Å². The third-order valence-electron chi connectivity index (χ3n) is 3.65. The van der Waals surface area contributed by atoms with Crippen molar-refractivity contribution in [2.45, 2.75) is 52.4 Å². The SMILES string of the molecule is CCCCC(=C(C(=O)O)C(=O)O)c1ccccc1CCCC. The maximum Gasteiger partial charge on any atom is 0.343 e. The predicted molar refractivity (Wildman–Crippen MR) is 86.8 cm³/mol. The Kier molecular flexibility index (Phi) is 7.37. The first-order chi connectivity index (χ1) is 10.5. The molecule has 0 unspecified atom stereocenters. The summed E-state index contributed by atoms with van der Waals surface area (Å²) in [6.07, 6.45) is 4.97. The maximum absolute atomic E-state index is 11.4. The van der Waals surface area contributed by atoms with Gasteiger partial charge in [0.05, 0.1) is 0 Å². The fourth-order valence-corrected chi connectivity index (χ4v) is 2.50. The molecule has 0 spiro atoms. The number of carboxylic acid groups (broad SMARTS) is 2. The van der Waals surface area contributed by atoms with E-state index in [1.54, 1.807) is 0 Å². The molecule has 120 valence electrons. The minimum atomic E-state index is -1.37. The number of benzene rings is 1. The number of unbranched alkanes of at least 4 members (excludes halogenated alkanes) is 2. The summed E-state index contributed by atoms with van der Waals surface area (Å²) in [5, 5.41) is 18.6. The molecule has 0 aliphatic rings. The second-order valence-electron chi connectivity index (χ2n) is 5.33. The quantitative estimate of drug-likeness (QED) is 0.408. The fraction of sp³-hybridized carbons (Fsp3) is 0.444. The van der Waals surface area contributed by atoms with Gasteiger partial charge in [-0.25, -0.2) is 9.59 Å². The summed E-state index contributed by atoms with van der Waals surface area (Å²) in [6, 6.07) is 7.53. The molecule has 0 bridgehead atoms. The average Bonchev–Trinajstić information content (AvgIpc) is 2.48. The molecule has 0 fully saturated rings. The molecule has 0 saturated carbocycles. The summed E-state index contributed by atoms with van der Waals surface area (Å²) in [6.45, 7) is 4.10. The van der Waals surface area contributed by atoms with Crippen LogP contribution in [0.25, 0.3) is 5.57 Å². The van der Waals surface area contributed by atoms with Crippen LogP contribution < -0.4 is 0 Å². The second kappa shape index (κ2) is 9.03. The molecule has 0 heterocycles. The molecule has 4 heteroatoms. The lowest BCUT2D eigenvalue weighted by Gasteiger charge is -2.15. The summed E-state index contributed by atoms with van der Waals surface area (Å²) in [7, 11) is 0. The summed E-state index contributed by atoms with van der Waals surface area (Å²) < 4.78 is 0. The number of aliphatic carboxylic acids is 2. The number of carboxylic acids is 2. The van der Waals surface area contributed by atoms with Crippen molar-refractivity contribution in [3.05, 3.63) is 41.0 Å². The molecule has 22 heavy (non-hydrogen) atoms. The van der Waals surface area contributed by atoms with Crippen LogP contribution in [-0.4, -0.2) is 22.2 Å². The molecule has 1 rings (SSSR count). The largest absolute Gasteiger partial charge is 0.477 e. The van der Waals surface area contributed by atoms with E-state index in [1.165, 1.54) is 0 Å². The Hall–Kier alpha value is -2.10. The van der Waals surface area contributed by atoms with Crippen molar-refractivity contribution < 1.29 is 19.8 Å². The van der Waals surface area contributed by atoms with Crippen LogP contribution in [0.15, 0.2) is 29.8 Å². The van der Waals surface area contributed by atoms with Crippen molar-refractivity contribution in [3.8, 4) is 0 Å². The Labute approximate surface area is 131 Å². The van der Waals surface area contributed by atoms with Crippen LogP contribution in [0.1, 0.15) is 57.1 Å². The number of hydrogen-bond acceptors (Lipinski definition) is 2. The highest BCUT2D eigenvalue weighted by atomic mass is 16.4. The topological polar surface area (TPSA) is 74.6 Å². The van der Waals surface area contributed by atoms with Crippen molar-refractivity contribution >= 4 is 17.5 Å². The normalized spacial score (nSPS) is 10.3. The zero-order valence-corrected chi connectivity index (χ0v) is 13.3. The first-order valence-electron chi connectivity index (χ1n) is 7.80. The molecular formula is C18H24O4. The molecule has 4 nitrogen and oxygen atoms in total. The molecule has 1 aromatic carbocycles. The second-order valence-corrected chi connectivity index (χ2v) is 5.33. The highest BCUT2D eigenvalue weighted by Gasteiger charge is 2.23. The molecule has 1 aromatic rings. The number of allylic oxidation sites excluding steroid dienone is 1. The maximum atomic E-state index is 11.4. The van der Waals surface area contributed by atoms with Crippen molar-refractivity contribution in [2.75, 3.05) is 0 Å². The highest BCUT2D eigenvalue weighted by molar-refractivity contribution is 6.18. The van der Waals surface area contributed by atoms with Crippen molar-refractivity contribution in [1.82, 2.24) is 0 Å². The standard InChI is InChI=1S/C18H24O4/c1-3-5-9-13-10-7-8-12-14(13)15(11-6-4-2)16(17(19)20)18(21)22/h7-8,10,12H,3-6,9,11H2,1-2H3,(H,19,20)(H,21,22). The lowest BCUT2D eigenvalue weighted by molar-refractivity contribution is -0.140. The highest BCUT2D eigenvalue weighted by Crippen LogP contribution is 2.29. The molecule has 0 atom stereocenters. The summed E-state index contributed by atoms with van der Waals surface area (Å²) in [5.41, 5.74) is 1.73. The third-order valence-corrected chi connectivity index (χ3v) is 3.65. The van der Waals surface area contributed by atoms with Gasteiger partial charge in [0.1, 0.15) is 5.57 Å². The Morgan fingerprint density at radius 3 is 2.09 bits per heavy atom. The molecule has 0 radical (unpaired) electrons. The van der Waals surface area contributed by atoms with Crippen LogP contribution in [0.2, 0.25) is 0 Å². The van der Waals surface area contributed by atoms with Gasteiger partial charge in [-0.15, -0.1) is 0 Å². The van der Waals surface area contributed by atoms with Crippen LogP contribution in [0.5, 0.6) is 0 Å². The van der Waals surface area contributed by atoms with Gasteiger partial charge in [-0.1, -0.05) is 51.0 Å². The lowest BCUT2D eigenvalue weighted by atomic mass is 9.89. The number of aryl methyl sites for hydroxylation is 1. The molecule has 0 saturated heterocycles. The van der Waals surface area contributed by atoms with E-state index in [-0.39, 0.29) is 0 Å². The molecule has 0 aliphatic heterocycles. The molecule has 0 amide bonds. The van der Waals surface area contributed by atoms with E-state index < -0.39 is 17.5 Å². The molecule has 0 aliphatic carbocycles. The lowest BCUT2D eigenvalue weighted by Crippen LogP contribution is -2.15. The van der Waals surface area contributed by atoms with E-state index >= 15 is 0 Å². The summed E-state index contributed by atoms with van der Waals surface area (Å²) in [5.74, 6) is -2.74. The molecule has 0 aromatic heterocycles. The minimum absolute atomic E-state index is 0.438. The van der Waals surface area contributed by atoms with E-state index in [9.17, 15) is 19.8 Å². The third kappa shape index (κ3) is 4.72. The minimum Gasteiger partial charge on any atom is -0.477 e. The van der Waals surface area contributed by atoms with Crippen LogP contribution in [-0.2, 0) is 16.0 Å². The number of hydrogen-bond donors (Lipinski definition) is 2. The predicted octanol–water partition coefficient (Wildman–Crippen LogP) is 4.14. The van der Waals surface area contributed by atoms with Crippen molar-refractivity contribution in [1.29, 1.82) is 0 Å². The Morgan fingerprint density at radius 2 is 1.55 bits per heavy atom. The van der Waals surface area contributed by atoms with E-state index in [0.717, 1.165) is 43.2 Å². The number of carbonyl (C=O) groups is 2. The van der Waals surface area contributed by atoms with Gasteiger partial charge in [-0.05, 0) is 42.4 Å². The Balaban J connectivity index is 3.42. The first-order valence-corrected chi connectivity index (χ1v) is 7.80. The van der Waals surface area contributed by atoms with Crippen LogP contribution in [0.3, 0.4) is 0 Å². The van der Waals surface area contributed by atoms with Gasteiger partial charge < -0.3 is 10.2 Å². The van der Waals surface area contributed by atoms with E-state index in [1.807, 2.05) is 31.2 Å². The Morgan fingerprint density at radius 1 is 0.955 bits per heavy atom. The van der Waals surface area contributed by atoms with E-state index in [0.29, 0.717) is 12.0 Å². The van der Waals surface area contributed by atoms with Crippen molar-refractivity contribution in [2.24, 2.45) is 0 Å². The van der Waals surface area contributed by atoms with E-state index in [2.05, 4.69) is 6.92 Å². The van der Waals surface area contributed by atoms with Gasteiger partial charge in [0.15, 0.2) is 0 Å². The monoisotopic (exact) mass is 304 g/mol. The first kappa shape index (κ1) is 18.0. The van der Waals surface area contributed by atoms with Gasteiger partial charge in [0, 0.05) is 0 Å². The average molecular weight is 304 g/mol. The van der Waals surface area contributed by atoms with Gasteiger partial charge in [-0.3, -0.25) is 0 Å². The van der Waals surface area contributed by atoms with Gasteiger partial charge >= 0.3 is 11.9 Å². The smallest absolute Gasteiger partial charge is 0.343 e. The van der Waals surface area contributed by atoms with Gasteiger partial charge in [0.2, 0.25) is 0 Å². The van der Waals surface area contributed by atoms with Crippen LogP contribution in [0.4, 0.5) is 0 Å². The zero-order valence-electron chi connectivity index (χ0n) is 13.3. The van der Waals surface area contributed by atoms with E-state index in [4.69, 9.17) is 0 Å². The molecular weight excluding hydrogens is 280 g/mol. The van der Waals surface area contributed by atoms with Crippen LogP contribution in [0, 0.1) is 0 Å². The summed E-state index contributed by atoms with van der Waals surface area (Å²) >= 11 is 0. The molecule has 2 N–H and O–H groups in total. The zero-order chi connectivity index (χ0) is 16.5. The Bertz CT molecular complexity index is 542. The van der Waals surface area contributed by atoms with Crippen molar-refractivity contribution in [3.63, 3.8) is 0 Å².